The summed E-state index contributed by atoms with van der Waals surface area (Å²) in [5, 5.41) is 10.6. The van der Waals surface area contributed by atoms with E-state index in [0.717, 1.165) is 102 Å². The number of phosphoric acid groups is 2. The maximum Gasteiger partial charge on any atom is 0.472 e. The van der Waals surface area contributed by atoms with Crippen molar-refractivity contribution in [2.45, 2.75) is 426 Å². The highest BCUT2D eigenvalue weighted by molar-refractivity contribution is 7.47. The molecule has 5 atom stereocenters. The van der Waals surface area contributed by atoms with Gasteiger partial charge in [0.2, 0.25) is 0 Å². The Morgan fingerprint density at radius 3 is 0.701 bits per heavy atom. The van der Waals surface area contributed by atoms with Gasteiger partial charge < -0.3 is 33.8 Å². The second-order valence-electron chi connectivity index (χ2n) is 29.1. The quantitative estimate of drug-likeness (QED) is 0.0222. The second kappa shape index (κ2) is 69.8. The number of rotatable bonds is 77. The molecule has 0 saturated carbocycles. The van der Waals surface area contributed by atoms with Crippen molar-refractivity contribution in [2.75, 3.05) is 39.6 Å². The van der Waals surface area contributed by atoms with Gasteiger partial charge in [-0.15, -0.1) is 0 Å². The number of esters is 4. The summed E-state index contributed by atoms with van der Waals surface area (Å²) in [5.41, 5.74) is 0. The molecule has 0 spiro atoms. The van der Waals surface area contributed by atoms with Crippen LogP contribution >= 0.6 is 15.6 Å². The van der Waals surface area contributed by atoms with Crippen LogP contribution in [0.4, 0.5) is 0 Å². The van der Waals surface area contributed by atoms with Crippen molar-refractivity contribution >= 4 is 39.5 Å². The van der Waals surface area contributed by atoms with E-state index in [2.05, 4.69) is 41.5 Å². The van der Waals surface area contributed by atoms with Crippen LogP contribution < -0.4 is 0 Å². The maximum absolute atomic E-state index is 13.1. The molecule has 0 aliphatic carbocycles. The lowest BCUT2D eigenvalue weighted by Gasteiger charge is -2.21. The average Bonchev–Trinajstić information content (AvgIpc) is 1.04. The Kier molecular flexibility index (Phi) is 68.4. The van der Waals surface area contributed by atoms with Crippen molar-refractivity contribution in [2.24, 2.45) is 11.8 Å². The molecule has 0 aliphatic rings. The van der Waals surface area contributed by atoms with E-state index in [9.17, 15) is 43.2 Å². The van der Waals surface area contributed by atoms with Crippen LogP contribution in [-0.2, 0) is 65.4 Å². The molecule has 3 N–H and O–H groups in total. The molecule has 19 heteroatoms. The fourth-order valence-electron chi connectivity index (χ4n) is 12.0. The van der Waals surface area contributed by atoms with Crippen LogP contribution in [0.2, 0.25) is 0 Å². The maximum atomic E-state index is 13.1. The summed E-state index contributed by atoms with van der Waals surface area (Å²) < 4.78 is 68.6. The molecule has 0 saturated heterocycles. The highest BCUT2D eigenvalue weighted by atomic mass is 31.2. The minimum atomic E-state index is -4.96. The van der Waals surface area contributed by atoms with Crippen LogP contribution in [0.3, 0.4) is 0 Å². The van der Waals surface area contributed by atoms with Gasteiger partial charge in [-0.1, -0.05) is 356 Å². The van der Waals surface area contributed by atoms with E-state index in [-0.39, 0.29) is 25.7 Å². The molecule has 0 aromatic rings. The summed E-state index contributed by atoms with van der Waals surface area (Å²) in [6, 6.07) is 0. The first kappa shape index (κ1) is 95.1. The van der Waals surface area contributed by atoms with Crippen LogP contribution in [-0.4, -0.2) is 96.7 Å². The summed E-state index contributed by atoms with van der Waals surface area (Å²) in [6.45, 7) is 9.59. The van der Waals surface area contributed by atoms with Gasteiger partial charge in [0.1, 0.15) is 19.3 Å². The van der Waals surface area contributed by atoms with Crippen LogP contribution in [0.25, 0.3) is 0 Å². The van der Waals surface area contributed by atoms with E-state index in [1.807, 2.05) is 0 Å². The van der Waals surface area contributed by atoms with Gasteiger partial charge in [-0.2, -0.15) is 0 Å². The molecule has 0 radical (unpaired) electrons. The van der Waals surface area contributed by atoms with Gasteiger partial charge in [0.15, 0.2) is 12.2 Å². The highest BCUT2D eigenvalue weighted by Gasteiger charge is 2.30. The SMILES string of the molecule is CCCCCCCCCCCCCCCCCCCC(=O)O[C@H](COC(=O)CCCCCCCCCCCCCCCCC)COP(=O)(O)OC[C@@H](O)COP(=O)(O)OC[C@@H](COC(=O)CCCCCCCCCCCC(C)C)OC(=O)CCCCCCCCCCCCC(C)C. The monoisotopic (exact) mass is 1420 g/mol. The minimum Gasteiger partial charge on any atom is -0.462 e. The molecule has 0 fully saturated rings. The molecule has 2 unspecified atom stereocenters. The van der Waals surface area contributed by atoms with Crippen LogP contribution in [0.5, 0.6) is 0 Å². The van der Waals surface area contributed by atoms with E-state index in [0.29, 0.717) is 25.7 Å². The third-order valence-corrected chi connectivity index (χ3v) is 20.1. The number of carbonyl (C=O) groups excluding carboxylic acids is 4. The Labute approximate surface area is 594 Å². The number of phosphoric ester groups is 2. The molecule has 0 rings (SSSR count). The summed E-state index contributed by atoms with van der Waals surface area (Å²) in [4.78, 5) is 72.9. The standard InChI is InChI=1S/C78H152O17P2/c1-7-9-11-13-15-17-19-21-23-24-26-28-30-37-44-50-56-62-77(82)94-73(66-88-75(80)60-54-48-42-36-29-27-25-22-20-18-16-14-12-10-8-2)68-92-96(84,85)90-64-72(79)65-91-97(86,87)93-69-74(67-89-76(81)61-55-49-43-39-33-35-41-47-53-59-71(5)6)95-78(83)63-57-51-45-38-32-31-34-40-46-52-58-70(3)4/h70-74,79H,7-69H2,1-6H3,(H,84,85)(H,86,87)/t72-,73-,74-/m1/s1. The number of aliphatic hydroxyl groups excluding tert-OH is 1. The van der Waals surface area contributed by atoms with Crippen molar-refractivity contribution in [3.63, 3.8) is 0 Å². The predicted octanol–water partition coefficient (Wildman–Crippen LogP) is 23.1. The molecule has 0 amide bonds. The lowest BCUT2D eigenvalue weighted by Crippen LogP contribution is -2.30. The Hall–Kier alpha value is -1.94. The zero-order valence-electron chi connectivity index (χ0n) is 63.4. The van der Waals surface area contributed by atoms with Crippen LogP contribution in [0, 0.1) is 11.8 Å². The molecule has 576 valence electrons. The van der Waals surface area contributed by atoms with Gasteiger partial charge >= 0.3 is 39.5 Å². The molecule has 0 aliphatic heterocycles. The Balaban J connectivity index is 5.26. The third-order valence-electron chi connectivity index (χ3n) is 18.2. The fraction of sp³-hybridized carbons (Fsp3) is 0.949. The van der Waals surface area contributed by atoms with E-state index in [4.69, 9.17) is 37.0 Å². The molecule has 0 heterocycles. The second-order valence-corrected chi connectivity index (χ2v) is 32.0. The predicted molar refractivity (Wildman–Crippen MR) is 395 cm³/mol. The molecule has 0 aromatic carbocycles. The topological polar surface area (TPSA) is 237 Å². The van der Waals surface area contributed by atoms with Crippen LogP contribution in [0.1, 0.15) is 408 Å². The summed E-state index contributed by atoms with van der Waals surface area (Å²) in [6.07, 6.45) is 58.2. The molecule has 17 nitrogen and oxygen atoms in total. The molecule has 0 aromatic heterocycles. The summed E-state index contributed by atoms with van der Waals surface area (Å²) >= 11 is 0. The van der Waals surface area contributed by atoms with Gasteiger partial charge in [-0.3, -0.25) is 37.3 Å². The molecular formula is C78H152O17P2. The Morgan fingerprint density at radius 1 is 0.278 bits per heavy atom. The molecule has 97 heavy (non-hydrogen) atoms. The first-order chi connectivity index (χ1) is 46.9. The molecular weight excluding hydrogens is 1270 g/mol. The molecule has 0 bridgehead atoms. The highest BCUT2D eigenvalue weighted by Crippen LogP contribution is 2.45. The van der Waals surface area contributed by atoms with Crippen molar-refractivity contribution in [3.8, 4) is 0 Å². The van der Waals surface area contributed by atoms with Gasteiger partial charge in [0.25, 0.3) is 0 Å². The van der Waals surface area contributed by atoms with Crippen molar-refractivity contribution in [3.05, 3.63) is 0 Å². The van der Waals surface area contributed by atoms with E-state index < -0.39 is 97.5 Å². The van der Waals surface area contributed by atoms with Gasteiger partial charge in [0, 0.05) is 25.7 Å². The van der Waals surface area contributed by atoms with Gasteiger partial charge in [0.05, 0.1) is 26.4 Å². The van der Waals surface area contributed by atoms with Gasteiger partial charge in [-0.05, 0) is 37.5 Å². The average molecular weight is 1420 g/mol. The first-order valence-corrected chi connectivity index (χ1v) is 43.5. The number of hydrogen-bond acceptors (Lipinski definition) is 15. The lowest BCUT2D eigenvalue weighted by atomic mass is 10.0. The number of carbonyl (C=O) groups is 4. The zero-order chi connectivity index (χ0) is 71.4. The number of unbranched alkanes of at least 4 members (excludes halogenated alkanes) is 47. The zero-order valence-corrected chi connectivity index (χ0v) is 65.2. The lowest BCUT2D eigenvalue weighted by molar-refractivity contribution is -0.161. The first-order valence-electron chi connectivity index (χ1n) is 40.5. The van der Waals surface area contributed by atoms with Crippen molar-refractivity contribution < 1.29 is 80.2 Å². The van der Waals surface area contributed by atoms with Crippen LogP contribution in [0.15, 0.2) is 0 Å². The minimum absolute atomic E-state index is 0.106. The Morgan fingerprint density at radius 2 is 0.474 bits per heavy atom. The fourth-order valence-corrected chi connectivity index (χ4v) is 13.6. The summed E-state index contributed by atoms with van der Waals surface area (Å²) in [5.74, 6) is -0.615. The van der Waals surface area contributed by atoms with Crippen molar-refractivity contribution in [1.29, 1.82) is 0 Å². The largest absolute Gasteiger partial charge is 0.472 e. The number of ether oxygens (including phenoxy) is 4. The van der Waals surface area contributed by atoms with E-state index in [1.54, 1.807) is 0 Å². The summed E-state index contributed by atoms with van der Waals surface area (Å²) in [7, 11) is -9.92. The third kappa shape index (κ3) is 72.2. The number of aliphatic hydroxyl groups is 1. The normalized spacial score (nSPS) is 14.0. The Bertz CT molecular complexity index is 1870. The smallest absolute Gasteiger partial charge is 0.462 e. The van der Waals surface area contributed by atoms with E-state index >= 15 is 0 Å². The number of hydrogen-bond donors (Lipinski definition) is 3. The van der Waals surface area contributed by atoms with Gasteiger partial charge in [-0.25, -0.2) is 9.13 Å². The van der Waals surface area contributed by atoms with Crippen molar-refractivity contribution in [1.82, 2.24) is 0 Å². The van der Waals surface area contributed by atoms with E-state index in [1.165, 1.54) is 225 Å².